The molecule has 0 aliphatic heterocycles. The average Bonchev–Trinajstić information content (AvgIpc) is 2.78. The van der Waals surface area contributed by atoms with Gasteiger partial charge in [0.25, 0.3) is 0 Å². The third kappa shape index (κ3) is 2.92. The Hall–Kier alpha value is -1.31. The number of nitrogens with two attached hydrogens (primary N) is 1. The highest BCUT2D eigenvalue weighted by molar-refractivity contribution is 9.10. The summed E-state index contributed by atoms with van der Waals surface area (Å²) < 4.78 is 31.9. The molecule has 0 saturated heterocycles. The van der Waals surface area contributed by atoms with E-state index < -0.39 is 10.0 Å². The van der Waals surface area contributed by atoms with Crippen LogP contribution in [0.15, 0.2) is 50.6 Å². The first-order chi connectivity index (χ1) is 8.49. The van der Waals surface area contributed by atoms with Gasteiger partial charge in [-0.05, 0) is 40.2 Å². The predicted octanol–water partition coefficient (Wildman–Crippen LogP) is 2.10. The lowest BCUT2D eigenvalue weighted by Gasteiger charge is -2.08. The molecule has 0 unspecified atom stereocenters. The van der Waals surface area contributed by atoms with Gasteiger partial charge < -0.3 is 10.2 Å². The van der Waals surface area contributed by atoms with Gasteiger partial charge in [0.2, 0.25) is 10.0 Å². The molecule has 1 heterocycles. The van der Waals surface area contributed by atoms with Crippen LogP contribution in [0.4, 0.5) is 5.69 Å². The number of nitrogens with one attached hydrogen (secondary N) is 1. The number of anilines is 1. The van der Waals surface area contributed by atoms with E-state index in [1.54, 1.807) is 12.1 Å². The molecule has 1 aromatic heterocycles. The Kier molecular flexibility index (Phi) is 3.74. The van der Waals surface area contributed by atoms with Crippen molar-refractivity contribution in [2.75, 3.05) is 5.73 Å². The minimum Gasteiger partial charge on any atom is -0.472 e. The van der Waals surface area contributed by atoms with E-state index in [-0.39, 0.29) is 11.4 Å². The number of halogens is 1. The van der Waals surface area contributed by atoms with E-state index in [2.05, 4.69) is 20.7 Å². The SMILES string of the molecule is Nc1ccc(S(=O)(=O)NCc2ccoc2)c(Br)c1. The summed E-state index contributed by atoms with van der Waals surface area (Å²) in [6.45, 7) is 0.176. The Balaban J connectivity index is 2.20. The van der Waals surface area contributed by atoms with E-state index in [0.717, 1.165) is 5.56 Å². The van der Waals surface area contributed by atoms with Gasteiger partial charge in [0.15, 0.2) is 0 Å². The molecule has 5 nitrogen and oxygen atoms in total. The van der Waals surface area contributed by atoms with Crippen LogP contribution in [0.5, 0.6) is 0 Å². The van der Waals surface area contributed by atoms with Crippen LogP contribution in [-0.2, 0) is 16.6 Å². The molecular formula is C11H11BrN2O3S. The third-order valence-electron chi connectivity index (χ3n) is 2.29. The second kappa shape index (κ2) is 5.13. The molecule has 7 heteroatoms. The smallest absolute Gasteiger partial charge is 0.241 e. The normalized spacial score (nSPS) is 11.6. The van der Waals surface area contributed by atoms with Crippen molar-refractivity contribution in [3.05, 3.63) is 46.8 Å². The molecule has 0 fully saturated rings. The lowest BCUT2D eigenvalue weighted by molar-refractivity contribution is 0.561. The van der Waals surface area contributed by atoms with Crippen LogP contribution >= 0.6 is 15.9 Å². The Bertz CT molecular complexity index is 638. The van der Waals surface area contributed by atoms with Crippen LogP contribution in [0.2, 0.25) is 0 Å². The van der Waals surface area contributed by atoms with Gasteiger partial charge >= 0.3 is 0 Å². The van der Waals surface area contributed by atoms with Gasteiger partial charge in [0.1, 0.15) is 0 Å². The largest absolute Gasteiger partial charge is 0.472 e. The minimum atomic E-state index is -3.58. The fraction of sp³-hybridized carbons (Fsp3) is 0.0909. The van der Waals surface area contributed by atoms with Gasteiger partial charge in [-0.25, -0.2) is 13.1 Å². The van der Waals surface area contributed by atoms with Gasteiger partial charge in [-0.2, -0.15) is 0 Å². The molecule has 0 aliphatic carbocycles. The Morgan fingerprint density at radius 1 is 1.33 bits per heavy atom. The number of benzene rings is 1. The topological polar surface area (TPSA) is 85.3 Å². The first-order valence-electron chi connectivity index (χ1n) is 5.05. The number of sulfonamides is 1. The van der Waals surface area contributed by atoms with Crippen LogP contribution in [0.25, 0.3) is 0 Å². The molecule has 0 spiro atoms. The molecule has 3 N–H and O–H groups in total. The maximum Gasteiger partial charge on any atom is 0.241 e. The summed E-state index contributed by atoms with van der Waals surface area (Å²) in [6, 6.07) is 6.24. The molecule has 1 aromatic carbocycles. The molecular weight excluding hydrogens is 320 g/mol. The second-order valence-corrected chi connectivity index (χ2v) is 6.24. The van der Waals surface area contributed by atoms with Gasteiger partial charge in [0, 0.05) is 22.3 Å². The van der Waals surface area contributed by atoms with E-state index in [1.165, 1.54) is 24.7 Å². The van der Waals surface area contributed by atoms with Crippen molar-refractivity contribution >= 4 is 31.6 Å². The summed E-state index contributed by atoms with van der Waals surface area (Å²) in [5.74, 6) is 0. The summed E-state index contributed by atoms with van der Waals surface area (Å²) in [5.41, 5.74) is 6.82. The van der Waals surface area contributed by atoms with Crippen molar-refractivity contribution in [1.82, 2.24) is 4.72 Å². The molecule has 18 heavy (non-hydrogen) atoms. The van der Waals surface area contributed by atoms with Crippen LogP contribution in [0, 0.1) is 0 Å². The van der Waals surface area contributed by atoms with Crippen LogP contribution < -0.4 is 10.5 Å². The molecule has 2 rings (SSSR count). The van der Waals surface area contributed by atoms with E-state index in [1.807, 2.05) is 0 Å². The van der Waals surface area contributed by atoms with E-state index in [9.17, 15) is 8.42 Å². The van der Waals surface area contributed by atoms with Crippen molar-refractivity contribution in [2.24, 2.45) is 0 Å². The average molecular weight is 331 g/mol. The second-order valence-electron chi connectivity index (χ2n) is 3.65. The lowest BCUT2D eigenvalue weighted by atomic mass is 10.3. The summed E-state index contributed by atoms with van der Waals surface area (Å²) >= 11 is 3.18. The number of hydrogen-bond donors (Lipinski definition) is 2. The Morgan fingerprint density at radius 3 is 2.72 bits per heavy atom. The highest BCUT2D eigenvalue weighted by Crippen LogP contribution is 2.24. The third-order valence-corrected chi connectivity index (χ3v) is 4.67. The first kappa shape index (κ1) is 13.1. The summed E-state index contributed by atoms with van der Waals surface area (Å²) in [5, 5.41) is 0. The maximum atomic E-state index is 12.0. The Morgan fingerprint density at radius 2 is 2.11 bits per heavy atom. The molecule has 0 aliphatic rings. The molecule has 0 bridgehead atoms. The summed E-state index contributed by atoms with van der Waals surface area (Å²) in [6.07, 6.45) is 2.98. The van der Waals surface area contributed by atoms with Crippen molar-refractivity contribution in [3.63, 3.8) is 0 Å². The maximum absolute atomic E-state index is 12.0. The molecule has 0 atom stereocenters. The number of hydrogen-bond acceptors (Lipinski definition) is 4. The number of furan rings is 1. The van der Waals surface area contributed by atoms with Crippen molar-refractivity contribution < 1.29 is 12.8 Å². The van der Waals surface area contributed by atoms with E-state index in [4.69, 9.17) is 10.2 Å². The fourth-order valence-corrected chi connectivity index (χ4v) is 3.50. The molecule has 96 valence electrons. The van der Waals surface area contributed by atoms with Crippen LogP contribution in [0.1, 0.15) is 5.56 Å². The van der Waals surface area contributed by atoms with Gasteiger partial charge in [-0.15, -0.1) is 0 Å². The first-order valence-corrected chi connectivity index (χ1v) is 7.32. The quantitative estimate of drug-likeness (QED) is 0.840. The lowest BCUT2D eigenvalue weighted by Crippen LogP contribution is -2.23. The fourth-order valence-electron chi connectivity index (χ4n) is 1.38. The zero-order valence-corrected chi connectivity index (χ0v) is 11.7. The molecule has 0 saturated carbocycles. The molecule has 0 amide bonds. The summed E-state index contributed by atoms with van der Waals surface area (Å²) in [4.78, 5) is 0.153. The van der Waals surface area contributed by atoms with Crippen LogP contribution in [-0.4, -0.2) is 8.42 Å². The summed E-state index contributed by atoms with van der Waals surface area (Å²) in [7, 11) is -3.58. The van der Waals surface area contributed by atoms with E-state index >= 15 is 0 Å². The number of nitrogen functional groups attached to an aromatic ring is 1. The monoisotopic (exact) mass is 330 g/mol. The van der Waals surface area contributed by atoms with Crippen molar-refractivity contribution in [3.8, 4) is 0 Å². The standard InChI is InChI=1S/C11H11BrN2O3S/c12-10-5-9(13)1-2-11(10)18(15,16)14-6-8-3-4-17-7-8/h1-5,7,14H,6,13H2. The van der Waals surface area contributed by atoms with Gasteiger partial charge in [-0.1, -0.05) is 0 Å². The minimum absolute atomic E-state index is 0.153. The van der Waals surface area contributed by atoms with E-state index in [0.29, 0.717) is 10.2 Å². The zero-order valence-electron chi connectivity index (χ0n) is 9.26. The van der Waals surface area contributed by atoms with Crippen molar-refractivity contribution in [2.45, 2.75) is 11.4 Å². The predicted molar refractivity (Wildman–Crippen MR) is 71.3 cm³/mol. The highest BCUT2D eigenvalue weighted by atomic mass is 79.9. The molecule has 0 radical (unpaired) electrons. The van der Waals surface area contributed by atoms with Gasteiger partial charge in [-0.3, -0.25) is 0 Å². The highest BCUT2D eigenvalue weighted by Gasteiger charge is 2.17. The number of rotatable bonds is 4. The zero-order chi connectivity index (χ0) is 13.2. The van der Waals surface area contributed by atoms with Crippen molar-refractivity contribution in [1.29, 1.82) is 0 Å². The molecule has 2 aromatic rings. The Labute approximate surface area is 113 Å². The van der Waals surface area contributed by atoms with Gasteiger partial charge in [0.05, 0.1) is 17.4 Å². The van der Waals surface area contributed by atoms with Crippen LogP contribution in [0.3, 0.4) is 0 Å².